The molecule has 180 valence electrons. The van der Waals surface area contributed by atoms with Crippen molar-refractivity contribution >= 4 is 38.3 Å². The number of aryl methyl sites for hydroxylation is 1. The number of nitriles is 1. The highest BCUT2D eigenvalue weighted by Crippen LogP contribution is 2.31. The second-order valence-electron chi connectivity index (χ2n) is 8.53. The van der Waals surface area contributed by atoms with E-state index in [1.807, 2.05) is 55.5 Å². The van der Waals surface area contributed by atoms with Crippen molar-refractivity contribution in [1.82, 2.24) is 9.71 Å². The van der Waals surface area contributed by atoms with Gasteiger partial charge in [-0.3, -0.25) is 14.1 Å². The van der Waals surface area contributed by atoms with Gasteiger partial charge in [-0.15, -0.1) is 0 Å². The Morgan fingerprint density at radius 1 is 1.11 bits per heavy atom. The van der Waals surface area contributed by atoms with Crippen LogP contribution in [0.1, 0.15) is 27.9 Å². The van der Waals surface area contributed by atoms with Crippen LogP contribution in [-0.2, 0) is 10.2 Å². The molecule has 1 aliphatic heterocycles. The minimum Gasteiger partial charge on any atom is -0.322 e. The molecule has 1 aliphatic rings. The summed E-state index contributed by atoms with van der Waals surface area (Å²) in [7, 11) is -3.67. The zero-order chi connectivity index (χ0) is 25.3. The minimum absolute atomic E-state index is 0.0915. The molecule has 36 heavy (non-hydrogen) atoms. The van der Waals surface area contributed by atoms with E-state index in [1.54, 1.807) is 18.3 Å². The van der Waals surface area contributed by atoms with Gasteiger partial charge >= 0.3 is 10.2 Å². The zero-order valence-electron chi connectivity index (χ0n) is 19.5. The van der Waals surface area contributed by atoms with Crippen LogP contribution in [-0.4, -0.2) is 32.4 Å². The molecular formula is C27H23N5O3S. The number of rotatable bonds is 4. The van der Waals surface area contributed by atoms with E-state index in [0.717, 1.165) is 27.6 Å². The van der Waals surface area contributed by atoms with E-state index in [9.17, 15) is 18.5 Å². The molecule has 0 saturated carbocycles. The van der Waals surface area contributed by atoms with E-state index in [1.165, 1.54) is 16.4 Å². The Hall–Kier alpha value is -4.26. The third-order valence-electron chi connectivity index (χ3n) is 6.19. The summed E-state index contributed by atoms with van der Waals surface area (Å²) in [6.45, 7) is 2.66. The maximum absolute atomic E-state index is 13.1. The van der Waals surface area contributed by atoms with Gasteiger partial charge in [0.05, 0.1) is 22.5 Å². The Labute approximate surface area is 209 Å². The molecule has 1 saturated heterocycles. The van der Waals surface area contributed by atoms with Crippen LogP contribution >= 0.6 is 0 Å². The number of anilines is 2. The highest BCUT2D eigenvalue weighted by atomic mass is 32.2. The highest BCUT2D eigenvalue weighted by molar-refractivity contribution is 7.90. The number of fused-ring (bicyclic) bond motifs is 1. The van der Waals surface area contributed by atoms with Gasteiger partial charge in [-0.25, -0.2) is 0 Å². The molecule has 0 atom stereocenters. The van der Waals surface area contributed by atoms with Crippen LogP contribution in [0.25, 0.3) is 22.0 Å². The molecule has 0 aliphatic carbocycles. The SMILES string of the molecule is Cc1ccc(NC(=O)c2ccc(N3CCCNS3(=O)=O)cc2C#N)cc1-c1nccc2ccccc12. The maximum atomic E-state index is 13.1. The first-order valence-corrected chi connectivity index (χ1v) is 12.9. The summed E-state index contributed by atoms with van der Waals surface area (Å²) in [6, 6.07) is 22.0. The van der Waals surface area contributed by atoms with Crippen molar-refractivity contribution in [1.29, 1.82) is 5.26 Å². The molecule has 3 aromatic carbocycles. The molecule has 0 spiro atoms. The number of nitrogens with zero attached hydrogens (tertiary/aromatic N) is 3. The molecule has 2 heterocycles. The summed E-state index contributed by atoms with van der Waals surface area (Å²) >= 11 is 0. The maximum Gasteiger partial charge on any atom is 0.301 e. The highest BCUT2D eigenvalue weighted by Gasteiger charge is 2.26. The van der Waals surface area contributed by atoms with Crippen molar-refractivity contribution in [2.75, 3.05) is 22.7 Å². The third-order valence-corrected chi connectivity index (χ3v) is 7.74. The lowest BCUT2D eigenvalue weighted by Gasteiger charge is -2.28. The fraction of sp³-hybridized carbons (Fsp3) is 0.148. The number of carbonyl (C=O) groups is 1. The van der Waals surface area contributed by atoms with Gasteiger partial charge in [0.1, 0.15) is 6.07 Å². The normalized spacial score (nSPS) is 14.8. The van der Waals surface area contributed by atoms with E-state index in [2.05, 4.69) is 15.0 Å². The molecule has 1 aromatic heterocycles. The molecule has 2 N–H and O–H groups in total. The topological polar surface area (TPSA) is 115 Å². The predicted molar refractivity (Wildman–Crippen MR) is 140 cm³/mol. The predicted octanol–water partition coefficient (Wildman–Crippen LogP) is 4.38. The largest absolute Gasteiger partial charge is 0.322 e. The molecule has 0 unspecified atom stereocenters. The van der Waals surface area contributed by atoms with Gasteiger partial charge in [-0.2, -0.15) is 18.4 Å². The molecule has 4 aromatic rings. The van der Waals surface area contributed by atoms with Crippen LogP contribution in [0.3, 0.4) is 0 Å². The lowest BCUT2D eigenvalue weighted by Crippen LogP contribution is -2.47. The summed E-state index contributed by atoms with van der Waals surface area (Å²) in [5, 5.41) is 14.6. The molecule has 1 fully saturated rings. The van der Waals surface area contributed by atoms with Crippen molar-refractivity contribution in [2.45, 2.75) is 13.3 Å². The van der Waals surface area contributed by atoms with Crippen molar-refractivity contribution in [3.63, 3.8) is 0 Å². The van der Waals surface area contributed by atoms with Crippen LogP contribution < -0.4 is 14.3 Å². The van der Waals surface area contributed by atoms with Gasteiger partial charge in [-0.1, -0.05) is 30.3 Å². The number of aromatic nitrogens is 1. The number of nitrogens with one attached hydrogen (secondary N) is 2. The van der Waals surface area contributed by atoms with Crippen LogP contribution in [0.15, 0.2) is 72.9 Å². The van der Waals surface area contributed by atoms with Crippen LogP contribution in [0.2, 0.25) is 0 Å². The fourth-order valence-corrected chi connectivity index (χ4v) is 5.67. The van der Waals surface area contributed by atoms with E-state index in [4.69, 9.17) is 0 Å². The van der Waals surface area contributed by atoms with Gasteiger partial charge < -0.3 is 5.32 Å². The Morgan fingerprint density at radius 2 is 1.94 bits per heavy atom. The molecule has 8 nitrogen and oxygen atoms in total. The zero-order valence-corrected chi connectivity index (χ0v) is 20.3. The monoisotopic (exact) mass is 497 g/mol. The summed E-state index contributed by atoms with van der Waals surface area (Å²) in [4.78, 5) is 17.7. The number of pyridine rings is 1. The number of amides is 1. The first kappa shape index (κ1) is 23.5. The molecule has 9 heteroatoms. The summed E-state index contributed by atoms with van der Waals surface area (Å²) in [5.74, 6) is -0.460. The van der Waals surface area contributed by atoms with Crippen molar-refractivity contribution in [2.24, 2.45) is 0 Å². The van der Waals surface area contributed by atoms with E-state index < -0.39 is 16.1 Å². The number of benzene rings is 3. The molecule has 0 radical (unpaired) electrons. The van der Waals surface area contributed by atoms with Crippen molar-refractivity contribution in [3.8, 4) is 17.3 Å². The van der Waals surface area contributed by atoms with Crippen LogP contribution in [0.5, 0.6) is 0 Å². The molecular weight excluding hydrogens is 474 g/mol. The number of hydrogen-bond donors (Lipinski definition) is 2. The molecule has 1 amide bonds. The van der Waals surface area contributed by atoms with Gasteiger partial charge in [0, 0.05) is 35.9 Å². The minimum atomic E-state index is -3.67. The lowest BCUT2D eigenvalue weighted by molar-refractivity contribution is 0.102. The van der Waals surface area contributed by atoms with Gasteiger partial charge in [0.25, 0.3) is 5.91 Å². The van der Waals surface area contributed by atoms with Gasteiger partial charge in [0.15, 0.2) is 0 Å². The van der Waals surface area contributed by atoms with Gasteiger partial charge in [0.2, 0.25) is 0 Å². The van der Waals surface area contributed by atoms with E-state index in [0.29, 0.717) is 30.9 Å². The molecule has 0 bridgehead atoms. The second-order valence-corrected chi connectivity index (χ2v) is 10.2. The fourth-order valence-electron chi connectivity index (χ4n) is 4.36. The lowest BCUT2D eigenvalue weighted by atomic mass is 9.99. The van der Waals surface area contributed by atoms with Crippen molar-refractivity contribution < 1.29 is 13.2 Å². The Morgan fingerprint density at radius 3 is 2.75 bits per heavy atom. The van der Waals surface area contributed by atoms with E-state index in [-0.39, 0.29) is 11.1 Å². The summed E-state index contributed by atoms with van der Waals surface area (Å²) < 4.78 is 28.4. The smallest absolute Gasteiger partial charge is 0.301 e. The first-order chi connectivity index (χ1) is 17.4. The summed E-state index contributed by atoms with van der Waals surface area (Å²) in [5.41, 5.74) is 3.88. The van der Waals surface area contributed by atoms with Crippen molar-refractivity contribution in [3.05, 3.63) is 89.6 Å². The first-order valence-electron chi connectivity index (χ1n) is 11.4. The Bertz CT molecular complexity index is 1640. The van der Waals surface area contributed by atoms with Crippen LogP contribution in [0, 0.1) is 18.3 Å². The Balaban J connectivity index is 1.46. The number of hydrogen-bond acceptors (Lipinski definition) is 5. The van der Waals surface area contributed by atoms with E-state index >= 15 is 0 Å². The number of carbonyl (C=O) groups excluding carboxylic acids is 1. The quantitative estimate of drug-likeness (QED) is 0.434. The molecule has 5 rings (SSSR count). The average molecular weight is 498 g/mol. The average Bonchev–Trinajstić information content (AvgIpc) is 2.89. The van der Waals surface area contributed by atoms with Crippen LogP contribution in [0.4, 0.5) is 11.4 Å². The third kappa shape index (κ3) is 4.40. The van der Waals surface area contributed by atoms with Gasteiger partial charge in [-0.05, 0) is 60.7 Å². The summed E-state index contributed by atoms with van der Waals surface area (Å²) in [6.07, 6.45) is 2.41. The standard InChI is InChI=1S/C27H23N5O3S/c1-18-7-8-21(16-25(18)26-23-6-3-2-5-19(23)11-13-29-26)31-27(33)24-10-9-22(15-20(24)17-28)32-14-4-12-30-36(32,34)35/h2-3,5-11,13,15-16,30H,4,12,14H2,1H3,(H,31,33). The second kappa shape index (κ2) is 9.41. The Kier molecular flexibility index (Phi) is 6.14.